The molecule has 4 nitrogen and oxygen atoms in total. The summed E-state index contributed by atoms with van der Waals surface area (Å²) in [6.45, 7) is 2.09. The lowest BCUT2D eigenvalue weighted by atomic mass is 9.94. The van der Waals surface area contributed by atoms with Gasteiger partial charge in [-0.2, -0.15) is 0 Å². The van der Waals surface area contributed by atoms with Crippen LogP contribution in [0.1, 0.15) is 31.2 Å². The Morgan fingerprint density at radius 3 is 2.59 bits per heavy atom. The van der Waals surface area contributed by atoms with E-state index < -0.39 is 0 Å². The van der Waals surface area contributed by atoms with Crippen LogP contribution in [0.25, 0.3) is 11.0 Å². The zero-order valence-electron chi connectivity index (χ0n) is 12.5. The van der Waals surface area contributed by atoms with E-state index in [4.69, 9.17) is 0 Å². The van der Waals surface area contributed by atoms with E-state index in [1.807, 2.05) is 54.6 Å². The number of hydrogen-bond acceptors (Lipinski definition) is 2. The van der Waals surface area contributed by atoms with Crippen LogP contribution < -0.4 is 5.32 Å². The van der Waals surface area contributed by atoms with Crippen molar-refractivity contribution < 1.29 is 4.79 Å². The molecule has 0 fully saturated rings. The Hall–Kier alpha value is -2.62. The second-order valence-corrected chi connectivity index (χ2v) is 5.34. The summed E-state index contributed by atoms with van der Waals surface area (Å²) < 4.78 is 0. The molecule has 112 valence electrons. The second kappa shape index (κ2) is 6.43. The summed E-state index contributed by atoms with van der Waals surface area (Å²) in [5.41, 5.74) is 2.81. The molecule has 1 amide bonds. The lowest BCUT2D eigenvalue weighted by Crippen LogP contribution is -2.21. The van der Waals surface area contributed by atoms with Crippen molar-refractivity contribution in [1.29, 1.82) is 0 Å². The highest BCUT2D eigenvalue weighted by Crippen LogP contribution is 2.23. The van der Waals surface area contributed by atoms with Crippen LogP contribution in [0.3, 0.4) is 0 Å². The van der Waals surface area contributed by atoms with Crippen molar-refractivity contribution in [2.75, 3.05) is 5.32 Å². The van der Waals surface area contributed by atoms with E-state index in [1.165, 1.54) is 0 Å². The number of hydrogen-bond donors (Lipinski definition) is 2. The van der Waals surface area contributed by atoms with Gasteiger partial charge >= 0.3 is 0 Å². The predicted molar refractivity (Wildman–Crippen MR) is 88.8 cm³/mol. The fourth-order valence-corrected chi connectivity index (χ4v) is 2.64. The SMILES string of the molecule is CCCC(C(=O)Nc1nc2ccccc2[nH]1)c1ccccc1. The number of nitrogens with one attached hydrogen (secondary N) is 2. The smallest absolute Gasteiger partial charge is 0.234 e. The molecule has 0 bridgehead atoms. The van der Waals surface area contributed by atoms with Crippen LogP contribution in [0, 0.1) is 0 Å². The molecule has 1 heterocycles. The van der Waals surface area contributed by atoms with Gasteiger partial charge in [-0.25, -0.2) is 4.98 Å². The number of anilines is 1. The molecule has 3 aromatic rings. The number of amides is 1. The van der Waals surface area contributed by atoms with Crippen LogP contribution in [-0.2, 0) is 4.79 Å². The van der Waals surface area contributed by atoms with Crippen molar-refractivity contribution >= 4 is 22.9 Å². The van der Waals surface area contributed by atoms with Gasteiger partial charge in [-0.05, 0) is 24.1 Å². The van der Waals surface area contributed by atoms with Gasteiger partial charge in [-0.1, -0.05) is 55.8 Å². The van der Waals surface area contributed by atoms with Crippen LogP contribution in [-0.4, -0.2) is 15.9 Å². The molecule has 0 saturated heterocycles. The highest BCUT2D eigenvalue weighted by atomic mass is 16.2. The first kappa shape index (κ1) is 14.3. The fraction of sp³-hybridized carbons (Fsp3) is 0.222. The van der Waals surface area contributed by atoms with E-state index in [1.54, 1.807) is 0 Å². The highest BCUT2D eigenvalue weighted by Gasteiger charge is 2.20. The Balaban J connectivity index is 1.81. The normalized spacial score (nSPS) is 12.2. The molecule has 2 N–H and O–H groups in total. The summed E-state index contributed by atoms with van der Waals surface area (Å²) in [6, 6.07) is 17.6. The van der Waals surface area contributed by atoms with Crippen molar-refractivity contribution in [2.24, 2.45) is 0 Å². The Morgan fingerprint density at radius 1 is 1.14 bits per heavy atom. The lowest BCUT2D eigenvalue weighted by Gasteiger charge is -2.15. The molecule has 1 unspecified atom stereocenters. The Labute approximate surface area is 129 Å². The topological polar surface area (TPSA) is 57.8 Å². The summed E-state index contributed by atoms with van der Waals surface area (Å²) in [4.78, 5) is 20.1. The standard InChI is InChI=1S/C18H19N3O/c1-2-8-14(13-9-4-3-5-10-13)17(22)21-18-19-15-11-6-7-12-16(15)20-18/h3-7,9-12,14H,2,8H2,1H3,(H2,19,20,21,22). The van der Waals surface area contributed by atoms with Gasteiger partial charge in [0, 0.05) is 0 Å². The van der Waals surface area contributed by atoms with Gasteiger partial charge in [0.1, 0.15) is 0 Å². The first-order valence-electron chi connectivity index (χ1n) is 7.58. The average molecular weight is 293 g/mol. The molecular formula is C18H19N3O. The molecule has 1 aromatic heterocycles. The number of aromatic nitrogens is 2. The predicted octanol–water partition coefficient (Wildman–Crippen LogP) is 4.09. The number of carbonyl (C=O) groups is 1. The Morgan fingerprint density at radius 2 is 1.86 bits per heavy atom. The van der Waals surface area contributed by atoms with Crippen molar-refractivity contribution in [3.63, 3.8) is 0 Å². The van der Waals surface area contributed by atoms with E-state index in [0.29, 0.717) is 5.95 Å². The van der Waals surface area contributed by atoms with Gasteiger partial charge in [0.2, 0.25) is 11.9 Å². The summed E-state index contributed by atoms with van der Waals surface area (Å²) in [5, 5.41) is 2.91. The molecule has 0 aliphatic carbocycles. The van der Waals surface area contributed by atoms with Crippen LogP contribution >= 0.6 is 0 Å². The minimum atomic E-state index is -0.153. The number of fused-ring (bicyclic) bond motifs is 1. The average Bonchev–Trinajstić information content (AvgIpc) is 2.95. The van der Waals surface area contributed by atoms with Gasteiger partial charge < -0.3 is 4.98 Å². The molecule has 3 rings (SSSR count). The second-order valence-electron chi connectivity index (χ2n) is 5.34. The Kier molecular flexibility index (Phi) is 4.19. The first-order valence-corrected chi connectivity index (χ1v) is 7.58. The maximum atomic E-state index is 12.6. The van der Waals surface area contributed by atoms with Crippen molar-refractivity contribution in [3.05, 3.63) is 60.2 Å². The van der Waals surface area contributed by atoms with Crippen LogP contribution in [0.2, 0.25) is 0 Å². The number of rotatable bonds is 5. The third-order valence-electron chi connectivity index (χ3n) is 3.73. The molecule has 0 radical (unpaired) electrons. The number of benzene rings is 2. The number of para-hydroxylation sites is 2. The first-order chi connectivity index (χ1) is 10.8. The molecule has 0 spiro atoms. The summed E-state index contributed by atoms with van der Waals surface area (Å²) >= 11 is 0. The summed E-state index contributed by atoms with van der Waals surface area (Å²) in [6.07, 6.45) is 1.77. The monoisotopic (exact) mass is 293 g/mol. The molecule has 2 aromatic carbocycles. The van der Waals surface area contributed by atoms with E-state index in [2.05, 4.69) is 22.2 Å². The molecule has 22 heavy (non-hydrogen) atoms. The van der Waals surface area contributed by atoms with Gasteiger partial charge in [-0.15, -0.1) is 0 Å². The number of carbonyl (C=O) groups excluding carboxylic acids is 1. The lowest BCUT2D eigenvalue weighted by molar-refractivity contribution is -0.117. The van der Waals surface area contributed by atoms with Crippen LogP contribution in [0.15, 0.2) is 54.6 Å². The number of aromatic amines is 1. The van der Waals surface area contributed by atoms with E-state index >= 15 is 0 Å². The van der Waals surface area contributed by atoms with E-state index in [0.717, 1.165) is 29.4 Å². The minimum Gasteiger partial charge on any atom is -0.324 e. The minimum absolute atomic E-state index is 0.0212. The molecule has 1 atom stereocenters. The maximum absolute atomic E-state index is 12.6. The molecule has 0 saturated carbocycles. The fourth-order valence-electron chi connectivity index (χ4n) is 2.64. The molecule has 0 aliphatic heterocycles. The van der Waals surface area contributed by atoms with E-state index in [9.17, 15) is 4.79 Å². The summed E-state index contributed by atoms with van der Waals surface area (Å²) in [5.74, 6) is 0.328. The van der Waals surface area contributed by atoms with Gasteiger partial charge in [0.25, 0.3) is 0 Å². The van der Waals surface area contributed by atoms with Gasteiger partial charge in [-0.3, -0.25) is 10.1 Å². The number of H-pyrrole nitrogens is 1. The zero-order chi connectivity index (χ0) is 15.4. The maximum Gasteiger partial charge on any atom is 0.234 e. The molecule has 4 heteroatoms. The van der Waals surface area contributed by atoms with Crippen molar-refractivity contribution in [1.82, 2.24) is 9.97 Å². The summed E-state index contributed by atoms with van der Waals surface area (Å²) in [7, 11) is 0. The van der Waals surface area contributed by atoms with Crippen LogP contribution in [0.4, 0.5) is 5.95 Å². The molecular weight excluding hydrogens is 274 g/mol. The van der Waals surface area contributed by atoms with Gasteiger partial charge in [0.05, 0.1) is 17.0 Å². The van der Waals surface area contributed by atoms with E-state index in [-0.39, 0.29) is 11.8 Å². The quantitative estimate of drug-likeness (QED) is 0.744. The Bertz CT molecular complexity index is 731. The third-order valence-corrected chi connectivity index (χ3v) is 3.73. The number of imidazole rings is 1. The largest absolute Gasteiger partial charge is 0.324 e. The highest BCUT2D eigenvalue weighted by molar-refractivity contribution is 5.95. The molecule has 0 aliphatic rings. The van der Waals surface area contributed by atoms with Crippen LogP contribution in [0.5, 0.6) is 0 Å². The number of nitrogens with zero attached hydrogens (tertiary/aromatic N) is 1. The zero-order valence-corrected chi connectivity index (χ0v) is 12.5. The van der Waals surface area contributed by atoms with Crippen molar-refractivity contribution in [3.8, 4) is 0 Å². The van der Waals surface area contributed by atoms with Crippen molar-refractivity contribution in [2.45, 2.75) is 25.7 Å². The third kappa shape index (κ3) is 3.01. The van der Waals surface area contributed by atoms with Gasteiger partial charge in [0.15, 0.2) is 0 Å².